The molecule has 7 heteroatoms. The molecule has 0 aliphatic heterocycles. The van der Waals surface area contributed by atoms with E-state index in [4.69, 9.17) is 4.74 Å². The van der Waals surface area contributed by atoms with Gasteiger partial charge in [0, 0.05) is 20.0 Å². The molecule has 0 fully saturated rings. The van der Waals surface area contributed by atoms with Gasteiger partial charge in [-0.3, -0.25) is 9.59 Å². The summed E-state index contributed by atoms with van der Waals surface area (Å²) in [5, 5.41) is 0. The highest BCUT2D eigenvalue weighted by atomic mass is 79.9. The Labute approximate surface area is 131 Å². The zero-order valence-electron chi connectivity index (χ0n) is 11.9. The van der Waals surface area contributed by atoms with Crippen LogP contribution in [0.5, 0.6) is 5.75 Å². The first-order valence-corrected chi connectivity index (χ1v) is 7.12. The number of hydrogen-bond acceptors (Lipinski definition) is 4. The van der Waals surface area contributed by atoms with Crippen LogP contribution in [-0.2, 0) is 14.3 Å². The Kier molecular flexibility index (Phi) is 7.14. The van der Waals surface area contributed by atoms with Crippen molar-refractivity contribution < 1.29 is 23.5 Å². The van der Waals surface area contributed by atoms with E-state index in [2.05, 4.69) is 20.7 Å². The Morgan fingerprint density at radius 2 is 2.10 bits per heavy atom. The number of methoxy groups -OCH3 is 1. The number of rotatable bonds is 7. The lowest BCUT2D eigenvalue weighted by Crippen LogP contribution is -2.32. The van der Waals surface area contributed by atoms with Crippen LogP contribution in [0, 0.1) is 5.82 Å². The summed E-state index contributed by atoms with van der Waals surface area (Å²) in [4.78, 5) is 24.3. The molecule has 0 unspecified atom stereocenters. The molecule has 0 atom stereocenters. The van der Waals surface area contributed by atoms with Crippen molar-refractivity contribution in [1.29, 1.82) is 0 Å². The predicted octanol–water partition coefficient (Wildman–Crippen LogP) is 2.38. The Morgan fingerprint density at radius 1 is 1.38 bits per heavy atom. The lowest BCUT2D eigenvalue weighted by atomic mass is 10.3. The molecule has 0 bridgehead atoms. The summed E-state index contributed by atoms with van der Waals surface area (Å²) in [7, 11) is 2.95. The summed E-state index contributed by atoms with van der Waals surface area (Å²) in [5.74, 6) is -0.522. The van der Waals surface area contributed by atoms with Crippen molar-refractivity contribution in [2.75, 3.05) is 27.3 Å². The van der Waals surface area contributed by atoms with Crippen LogP contribution in [0.25, 0.3) is 0 Å². The highest BCUT2D eigenvalue weighted by molar-refractivity contribution is 9.10. The van der Waals surface area contributed by atoms with Gasteiger partial charge < -0.3 is 14.4 Å². The summed E-state index contributed by atoms with van der Waals surface area (Å²) >= 11 is 3.16. The predicted molar refractivity (Wildman–Crippen MR) is 78.5 cm³/mol. The Hall–Kier alpha value is -1.63. The molecule has 1 aromatic carbocycles. The quantitative estimate of drug-likeness (QED) is 0.699. The van der Waals surface area contributed by atoms with E-state index in [0.717, 1.165) is 0 Å². The number of carbonyl (C=O) groups excluding carboxylic acids is 2. The van der Waals surface area contributed by atoms with E-state index < -0.39 is 0 Å². The van der Waals surface area contributed by atoms with Gasteiger partial charge in [-0.1, -0.05) is 0 Å². The van der Waals surface area contributed by atoms with E-state index in [-0.39, 0.29) is 30.7 Å². The molecule has 0 saturated carbocycles. The summed E-state index contributed by atoms with van der Waals surface area (Å²) in [6.07, 6.45) is 0.785. The maximum Gasteiger partial charge on any atom is 0.305 e. The van der Waals surface area contributed by atoms with E-state index in [1.807, 2.05) is 0 Å². The minimum Gasteiger partial charge on any atom is -0.483 e. The molecule has 21 heavy (non-hydrogen) atoms. The minimum absolute atomic E-state index is 0.154. The maximum absolute atomic E-state index is 12.9. The molecule has 0 heterocycles. The fourth-order valence-electron chi connectivity index (χ4n) is 1.53. The van der Waals surface area contributed by atoms with Crippen molar-refractivity contribution in [2.45, 2.75) is 12.8 Å². The van der Waals surface area contributed by atoms with Gasteiger partial charge in [-0.05, 0) is 40.5 Å². The van der Waals surface area contributed by atoms with Gasteiger partial charge in [0.1, 0.15) is 11.6 Å². The van der Waals surface area contributed by atoms with Crippen LogP contribution >= 0.6 is 15.9 Å². The Balaban J connectivity index is 2.37. The molecule has 0 N–H and O–H groups in total. The Morgan fingerprint density at radius 3 is 2.71 bits per heavy atom. The molecule has 0 saturated heterocycles. The maximum atomic E-state index is 12.9. The molecular formula is C14H17BrFNO4. The smallest absolute Gasteiger partial charge is 0.305 e. The highest BCUT2D eigenvalue weighted by Crippen LogP contribution is 2.25. The number of ether oxygens (including phenoxy) is 2. The first kappa shape index (κ1) is 17.4. The van der Waals surface area contributed by atoms with Crippen LogP contribution < -0.4 is 4.74 Å². The van der Waals surface area contributed by atoms with E-state index in [1.54, 1.807) is 7.05 Å². The van der Waals surface area contributed by atoms with Gasteiger partial charge in [0.05, 0.1) is 11.6 Å². The molecule has 0 radical (unpaired) electrons. The highest BCUT2D eigenvalue weighted by Gasteiger charge is 2.11. The third-order valence-corrected chi connectivity index (χ3v) is 3.39. The van der Waals surface area contributed by atoms with Crippen molar-refractivity contribution in [3.63, 3.8) is 0 Å². The largest absolute Gasteiger partial charge is 0.483 e. The van der Waals surface area contributed by atoms with Crippen molar-refractivity contribution in [3.05, 3.63) is 28.5 Å². The Bertz CT molecular complexity index is 510. The van der Waals surface area contributed by atoms with Gasteiger partial charge in [-0.25, -0.2) is 4.39 Å². The number of hydrogen-bond donors (Lipinski definition) is 0. The van der Waals surface area contributed by atoms with Gasteiger partial charge >= 0.3 is 5.97 Å². The lowest BCUT2D eigenvalue weighted by molar-refractivity contribution is -0.141. The summed E-state index contributed by atoms with van der Waals surface area (Å²) in [5.41, 5.74) is 0. The summed E-state index contributed by atoms with van der Waals surface area (Å²) in [6.45, 7) is 0.279. The number of esters is 1. The molecule has 0 spiro atoms. The first-order valence-electron chi connectivity index (χ1n) is 6.32. The SMILES string of the molecule is COC(=O)CCCN(C)C(=O)COc1ccc(F)cc1Br. The molecule has 0 aliphatic carbocycles. The van der Waals surface area contributed by atoms with Crippen LogP contribution in [0.4, 0.5) is 4.39 Å². The second kappa shape index (κ2) is 8.61. The molecule has 5 nitrogen and oxygen atoms in total. The minimum atomic E-state index is -0.388. The molecule has 0 aliphatic rings. The second-order valence-electron chi connectivity index (χ2n) is 4.36. The van der Waals surface area contributed by atoms with Gasteiger partial charge in [0.25, 0.3) is 5.91 Å². The molecule has 1 rings (SSSR count). The summed E-state index contributed by atoms with van der Waals surface area (Å²) < 4.78 is 23.2. The van der Waals surface area contributed by atoms with Crippen molar-refractivity contribution in [1.82, 2.24) is 4.90 Å². The van der Waals surface area contributed by atoms with Crippen LogP contribution in [0.3, 0.4) is 0 Å². The van der Waals surface area contributed by atoms with Crippen LogP contribution in [-0.4, -0.2) is 44.1 Å². The number of nitrogens with zero attached hydrogens (tertiary/aromatic N) is 1. The molecule has 116 valence electrons. The van der Waals surface area contributed by atoms with E-state index in [9.17, 15) is 14.0 Å². The number of carbonyl (C=O) groups is 2. The number of amides is 1. The molecule has 0 aromatic heterocycles. The topological polar surface area (TPSA) is 55.8 Å². The van der Waals surface area contributed by atoms with Crippen molar-refractivity contribution >= 4 is 27.8 Å². The molecular weight excluding hydrogens is 345 g/mol. The zero-order chi connectivity index (χ0) is 15.8. The van der Waals surface area contributed by atoms with Gasteiger partial charge in [-0.15, -0.1) is 0 Å². The van der Waals surface area contributed by atoms with Crippen LogP contribution in [0.15, 0.2) is 22.7 Å². The monoisotopic (exact) mass is 361 g/mol. The average molecular weight is 362 g/mol. The molecule has 1 aromatic rings. The summed E-state index contributed by atoms with van der Waals surface area (Å²) in [6, 6.07) is 3.97. The third kappa shape index (κ3) is 6.12. The van der Waals surface area contributed by atoms with Gasteiger partial charge in [-0.2, -0.15) is 0 Å². The van der Waals surface area contributed by atoms with E-state index in [1.165, 1.54) is 30.2 Å². The van der Waals surface area contributed by atoms with Crippen molar-refractivity contribution in [3.8, 4) is 5.75 Å². The van der Waals surface area contributed by atoms with Crippen molar-refractivity contribution in [2.24, 2.45) is 0 Å². The van der Waals surface area contributed by atoms with E-state index >= 15 is 0 Å². The third-order valence-electron chi connectivity index (χ3n) is 2.77. The van der Waals surface area contributed by atoms with Gasteiger partial charge in [0.15, 0.2) is 6.61 Å². The standard InChI is InChI=1S/C14H17BrFNO4/c1-17(7-3-4-14(19)20-2)13(18)9-21-12-6-5-10(16)8-11(12)15/h5-6,8H,3-4,7,9H2,1-2H3. The lowest BCUT2D eigenvalue weighted by Gasteiger charge is -2.17. The zero-order valence-corrected chi connectivity index (χ0v) is 13.5. The first-order chi connectivity index (χ1) is 9.93. The fraction of sp³-hybridized carbons (Fsp3) is 0.429. The number of benzene rings is 1. The van der Waals surface area contributed by atoms with Crippen LogP contribution in [0.2, 0.25) is 0 Å². The number of likely N-dealkylation sites (N-methyl/N-ethyl adjacent to an activating group) is 1. The fourth-order valence-corrected chi connectivity index (χ4v) is 1.99. The number of halogens is 2. The van der Waals surface area contributed by atoms with Crippen LogP contribution in [0.1, 0.15) is 12.8 Å². The van der Waals surface area contributed by atoms with E-state index in [0.29, 0.717) is 23.2 Å². The normalized spacial score (nSPS) is 10.1. The van der Waals surface area contributed by atoms with Gasteiger partial charge in [0.2, 0.25) is 0 Å². The second-order valence-corrected chi connectivity index (χ2v) is 5.21. The molecule has 1 amide bonds. The average Bonchev–Trinajstić information content (AvgIpc) is 2.45.